The van der Waals surface area contributed by atoms with Crippen molar-refractivity contribution in [1.82, 2.24) is 5.32 Å². The van der Waals surface area contributed by atoms with Crippen LogP contribution in [0.2, 0.25) is 0 Å². The summed E-state index contributed by atoms with van der Waals surface area (Å²) in [5.41, 5.74) is 0. The van der Waals surface area contributed by atoms with E-state index in [1.54, 1.807) is 6.92 Å². The van der Waals surface area contributed by atoms with E-state index in [0.717, 1.165) is 0 Å². The van der Waals surface area contributed by atoms with Crippen molar-refractivity contribution >= 4 is 17.8 Å². The van der Waals surface area contributed by atoms with Crippen LogP contribution in [0.1, 0.15) is 27.2 Å². The molecule has 0 aliphatic heterocycles. The molecule has 1 amide bonds. The monoisotopic (exact) mass is 231 g/mol. The maximum absolute atomic E-state index is 11.2. The molecule has 2 N–H and O–H groups in total. The average Bonchev–Trinajstić information content (AvgIpc) is 2.21. The van der Waals surface area contributed by atoms with Crippen LogP contribution in [0.15, 0.2) is 0 Å². The predicted octanol–water partition coefficient (Wildman–Crippen LogP) is 0.165. The fourth-order valence-corrected chi connectivity index (χ4v) is 1.07. The molecule has 0 bridgehead atoms. The Hall–Kier alpha value is -1.59. The van der Waals surface area contributed by atoms with Gasteiger partial charge in [0, 0.05) is 6.92 Å². The third-order valence-corrected chi connectivity index (χ3v) is 2.20. The fourth-order valence-electron chi connectivity index (χ4n) is 1.07. The quantitative estimate of drug-likeness (QED) is 0.635. The summed E-state index contributed by atoms with van der Waals surface area (Å²) < 4.78 is 4.45. The van der Waals surface area contributed by atoms with E-state index in [-0.39, 0.29) is 5.92 Å². The molecular weight excluding hydrogens is 214 g/mol. The molecule has 0 radical (unpaired) electrons. The van der Waals surface area contributed by atoms with E-state index >= 15 is 0 Å². The van der Waals surface area contributed by atoms with Crippen LogP contribution in [0.4, 0.5) is 0 Å². The SMILES string of the molecule is CC[C@H](C)[C@H](NC(=O)COC(C)=O)C(=O)O. The van der Waals surface area contributed by atoms with E-state index in [2.05, 4.69) is 10.1 Å². The molecule has 0 aliphatic rings. The maximum atomic E-state index is 11.2. The van der Waals surface area contributed by atoms with Crippen LogP contribution in [-0.4, -0.2) is 35.6 Å². The van der Waals surface area contributed by atoms with E-state index in [0.29, 0.717) is 6.42 Å². The van der Waals surface area contributed by atoms with Crippen molar-refractivity contribution < 1.29 is 24.2 Å². The molecule has 6 heteroatoms. The Balaban J connectivity index is 4.24. The highest BCUT2D eigenvalue weighted by Gasteiger charge is 2.25. The number of rotatable bonds is 6. The largest absolute Gasteiger partial charge is 0.480 e. The second-order valence-corrected chi connectivity index (χ2v) is 3.55. The molecule has 92 valence electrons. The molecule has 0 spiro atoms. The van der Waals surface area contributed by atoms with Gasteiger partial charge in [0.15, 0.2) is 6.61 Å². The van der Waals surface area contributed by atoms with E-state index in [9.17, 15) is 14.4 Å². The molecule has 6 nitrogen and oxygen atoms in total. The van der Waals surface area contributed by atoms with Gasteiger partial charge in [-0.1, -0.05) is 20.3 Å². The second kappa shape index (κ2) is 6.81. The first-order valence-corrected chi connectivity index (χ1v) is 5.04. The predicted molar refractivity (Wildman–Crippen MR) is 55.7 cm³/mol. The van der Waals surface area contributed by atoms with E-state index < -0.39 is 30.5 Å². The van der Waals surface area contributed by atoms with Gasteiger partial charge in [-0.15, -0.1) is 0 Å². The van der Waals surface area contributed by atoms with Crippen molar-refractivity contribution in [1.29, 1.82) is 0 Å². The normalized spacial score (nSPS) is 13.7. The van der Waals surface area contributed by atoms with Crippen LogP contribution in [-0.2, 0) is 19.1 Å². The Morgan fingerprint density at radius 1 is 1.38 bits per heavy atom. The molecule has 0 heterocycles. The molecule has 2 atom stereocenters. The van der Waals surface area contributed by atoms with Gasteiger partial charge < -0.3 is 15.2 Å². The molecule has 0 saturated heterocycles. The van der Waals surface area contributed by atoms with Gasteiger partial charge in [-0.3, -0.25) is 9.59 Å². The van der Waals surface area contributed by atoms with Crippen LogP contribution < -0.4 is 5.32 Å². The summed E-state index contributed by atoms with van der Waals surface area (Å²) in [5, 5.41) is 11.2. The molecule has 16 heavy (non-hydrogen) atoms. The summed E-state index contributed by atoms with van der Waals surface area (Å²) in [4.78, 5) is 32.5. The summed E-state index contributed by atoms with van der Waals surface area (Å²) in [6.45, 7) is 4.29. The van der Waals surface area contributed by atoms with Gasteiger partial charge in [0.2, 0.25) is 0 Å². The molecular formula is C10H17NO5. The molecule has 0 unspecified atom stereocenters. The fraction of sp³-hybridized carbons (Fsp3) is 0.700. The van der Waals surface area contributed by atoms with Crippen LogP contribution in [0.5, 0.6) is 0 Å². The first-order valence-electron chi connectivity index (χ1n) is 5.04. The number of carboxylic acid groups (broad SMARTS) is 1. The smallest absolute Gasteiger partial charge is 0.326 e. The lowest BCUT2D eigenvalue weighted by molar-refractivity contribution is -0.148. The third kappa shape index (κ3) is 5.33. The summed E-state index contributed by atoms with van der Waals surface area (Å²) in [6, 6.07) is -0.951. The molecule has 0 rings (SSSR count). The number of ether oxygens (including phenoxy) is 1. The van der Waals surface area contributed by atoms with Crippen molar-refractivity contribution in [2.45, 2.75) is 33.2 Å². The van der Waals surface area contributed by atoms with Crippen molar-refractivity contribution in [3.8, 4) is 0 Å². The molecule has 0 aromatic carbocycles. The number of aliphatic carboxylic acids is 1. The lowest BCUT2D eigenvalue weighted by Crippen LogP contribution is -2.46. The van der Waals surface area contributed by atoms with Gasteiger partial charge in [0.1, 0.15) is 6.04 Å². The summed E-state index contributed by atoms with van der Waals surface area (Å²) in [6.07, 6.45) is 0.630. The number of esters is 1. The molecule has 0 aromatic rings. The Labute approximate surface area is 94.0 Å². The van der Waals surface area contributed by atoms with Crippen LogP contribution in [0.3, 0.4) is 0 Å². The van der Waals surface area contributed by atoms with Crippen LogP contribution in [0, 0.1) is 5.92 Å². The minimum atomic E-state index is -1.09. The lowest BCUT2D eigenvalue weighted by Gasteiger charge is -2.19. The van der Waals surface area contributed by atoms with Crippen LogP contribution >= 0.6 is 0 Å². The maximum Gasteiger partial charge on any atom is 0.326 e. The van der Waals surface area contributed by atoms with Crippen LogP contribution in [0.25, 0.3) is 0 Å². The van der Waals surface area contributed by atoms with Gasteiger partial charge in [-0.25, -0.2) is 4.79 Å². The number of nitrogens with one attached hydrogen (secondary N) is 1. The summed E-state index contributed by atoms with van der Waals surface area (Å²) in [7, 11) is 0. The molecule has 0 aromatic heterocycles. The van der Waals surface area contributed by atoms with Gasteiger partial charge in [-0.2, -0.15) is 0 Å². The van der Waals surface area contributed by atoms with Gasteiger partial charge >= 0.3 is 11.9 Å². The summed E-state index contributed by atoms with van der Waals surface area (Å²) >= 11 is 0. The molecule has 0 aliphatic carbocycles. The zero-order chi connectivity index (χ0) is 12.7. The Bertz CT molecular complexity index is 276. The number of carbonyl (C=O) groups is 3. The lowest BCUT2D eigenvalue weighted by atomic mass is 9.99. The standard InChI is InChI=1S/C10H17NO5/c1-4-6(2)9(10(14)15)11-8(13)5-16-7(3)12/h6,9H,4-5H2,1-3H3,(H,11,13)(H,14,15)/t6-,9-/m0/s1. The van der Waals surface area contributed by atoms with E-state index in [1.165, 1.54) is 6.92 Å². The number of carboxylic acids is 1. The molecule has 0 saturated carbocycles. The topological polar surface area (TPSA) is 92.7 Å². The Morgan fingerprint density at radius 3 is 2.31 bits per heavy atom. The van der Waals surface area contributed by atoms with Crippen molar-refractivity contribution in [3.63, 3.8) is 0 Å². The number of amides is 1. The highest BCUT2D eigenvalue weighted by molar-refractivity contribution is 5.85. The average molecular weight is 231 g/mol. The van der Waals surface area contributed by atoms with Gasteiger partial charge in [0.25, 0.3) is 5.91 Å². The zero-order valence-corrected chi connectivity index (χ0v) is 9.65. The second-order valence-electron chi connectivity index (χ2n) is 3.55. The van der Waals surface area contributed by atoms with Crippen molar-refractivity contribution in [2.24, 2.45) is 5.92 Å². The minimum Gasteiger partial charge on any atom is -0.480 e. The Kier molecular flexibility index (Phi) is 6.14. The number of carbonyl (C=O) groups excluding carboxylic acids is 2. The highest BCUT2D eigenvalue weighted by atomic mass is 16.5. The van der Waals surface area contributed by atoms with Gasteiger partial charge in [-0.05, 0) is 5.92 Å². The Morgan fingerprint density at radius 2 is 1.94 bits per heavy atom. The zero-order valence-electron chi connectivity index (χ0n) is 9.65. The van der Waals surface area contributed by atoms with Crippen molar-refractivity contribution in [2.75, 3.05) is 6.61 Å². The first kappa shape index (κ1) is 14.4. The number of hydrogen-bond acceptors (Lipinski definition) is 4. The summed E-state index contributed by atoms with van der Waals surface area (Å²) in [5.74, 6) is -2.46. The highest BCUT2D eigenvalue weighted by Crippen LogP contribution is 2.07. The molecule has 0 fully saturated rings. The third-order valence-electron chi connectivity index (χ3n) is 2.20. The van der Waals surface area contributed by atoms with E-state index in [4.69, 9.17) is 5.11 Å². The first-order chi connectivity index (χ1) is 7.38. The minimum absolute atomic E-state index is 0.182. The van der Waals surface area contributed by atoms with Crippen molar-refractivity contribution in [3.05, 3.63) is 0 Å². The number of hydrogen-bond donors (Lipinski definition) is 2. The van der Waals surface area contributed by atoms with Gasteiger partial charge in [0.05, 0.1) is 0 Å². The van der Waals surface area contributed by atoms with E-state index in [1.807, 2.05) is 6.92 Å².